The lowest BCUT2D eigenvalue weighted by Gasteiger charge is -2.30. The molecular weight excluding hydrogens is 254 g/mol. The molecule has 1 saturated heterocycles. The molecule has 0 saturated carbocycles. The number of nitrogens with one attached hydrogen (secondary N) is 1. The maximum absolute atomic E-state index is 5.84. The third kappa shape index (κ3) is 2.80. The van der Waals surface area contributed by atoms with E-state index >= 15 is 0 Å². The Morgan fingerprint density at radius 1 is 1.53 bits per heavy atom. The van der Waals surface area contributed by atoms with Crippen LogP contribution in [0.25, 0.3) is 0 Å². The van der Waals surface area contributed by atoms with E-state index < -0.39 is 0 Å². The molecule has 1 fully saturated rings. The summed E-state index contributed by atoms with van der Waals surface area (Å²) in [6.45, 7) is 3.91. The van der Waals surface area contributed by atoms with Crippen LogP contribution in [0.5, 0.6) is 0 Å². The minimum absolute atomic E-state index is 0.199. The zero-order chi connectivity index (χ0) is 10.7. The van der Waals surface area contributed by atoms with Crippen LogP contribution in [0.2, 0.25) is 0 Å². The second kappa shape index (κ2) is 5.10. The van der Waals surface area contributed by atoms with Gasteiger partial charge in [-0.1, -0.05) is 35.0 Å². The molecule has 15 heavy (non-hydrogen) atoms. The fourth-order valence-corrected chi connectivity index (χ4v) is 2.22. The van der Waals surface area contributed by atoms with E-state index in [9.17, 15) is 0 Å². The first-order valence-electron chi connectivity index (χ1n) is 5.40. The van der Waals surface area contributed by atoms with Crippen LogP contribution in [0.4, 0.5) is 0 Å². The second-order valence-electron chi connectivity index (χ2n) is 3.89. The molecule has 0 aromatic heterocycles. The van der Waals surface area contributed by atoms with Crippen LogP contribution in [0, 0.1) is 0 Å². The van der Waals surface area contributed by atoms with Gasteiger partial charge in [0.2, 0.25) is 0 Å². The first-order chi connectivity index (χ1) is 7.29. The van der Waals surface area contributed by atoms with Gasteiger partial charge in [0.05, 0.1) is 12.7 Å². The van der Waals surface area contributed by atoms with Gasteiger partial charge in [-0.2, -0.15) is 0 Å². The Kier molecular flexibility index (Phi) is 3.78. The molecule has 0 amide bonds. The quantitative estimate of drug-likeness (QED) is 0.892. The number of rotatable bonds is 2. The molecule has 1 heterocycles. The summed E-state index contributed by atoms with van der Waals surface area (Å²) in [5, 5.41) is 3.50. The van der Waals surface area contributed by atoms with E-state index in [0.717, 1.165) is 24.0 Å². The molecular formula is C12H16BrNO. The van der Waals surface area contributed by atoms with E-state index in [1.807, 2.05) is 6.07 Å². The van der Waals surface area contributed by atoms with E-state index in [1.54, 1.807) is 0 Å². The van der Waals surface area contributed by atoms with Gasteiger partial charge in [0, 0.05) is 17.1 Å². The van der Waals surface area contributed by atoms with Gasteiger partial charge < -0.3 is 10.1 Å². The fourth-order valence-electron chi connectivity index (χ4n) is 1.81. The summed E-state index contributed by atoms with van der Waals surface area (Å²) in [4.78, 5) is 0. The lowest BCUT2D eigenvalue weighted by molar-refractivity contribution is 0.00220. The van der Waals surface area contributed by atoms with Crippen molar-refractivity contribution in [2.24, 2.45) is 0 Å². The van der Waals surface area contributed by atoms with E-state index in [1.165, 1.54) is 5.56 Å². The Hall–Kier alpha value is -0.380. The van der Waals surface area contributed by atoms with Crippen molar-refractivity contribution < 1.29 is 4.74 Å². The Morgan fingerprint density at radius 3 is 3.00 bits per heavy atom. The average Bonchev–Trinajstić information content (AvgIpc) is 2.29. The maximum Gasteiger partial charge on any atom is 0.0950 e. The summed E-state index contributed by atoms with van der Waals surface area (Å²) in [5.74, 6) is 0. The molecule has 0 bridgehead atoms. The van der Waals surface area contributed by atoms with Gasteiger partial charge >= 0.3 is 0 Å². The van der Waals surface area contributed by atoms with E-state index in [2.05, 4.69) is 46.4 Å². The minimum Gasteiger partial charge on any atom is -0.371 e. The monoisotopic (exact) mass is 269 g/mol. The van der Waals surface area contributed by atoms with Crippen molar-refractivity contribution in [2.45, 2.75) is 25.5 Å². The molecule has 1 aliphatic heterocycles. The van der Waals surface area contributed by atoms with Crippen molar-refractivity contribution in [1.29, 1.82) is 0 Å². The predicted molar refractivity (Wildman–Crippen MR) is 64.9 cm³/mol. The van der Waals surface area contributed by atoms with Crippen molar-refractivity contribution in [3.63, 3.8) is 0 Å². The summed E-state index contributed by atoms with van der Waals surface area (Å²) in [5.41, 5.74) is 1.24. The molecule has 1 aliphatic rings. The number of hydrogen-bond acceptors (Lipinski definition) is 2. The third-order valence-electron chi connectivity index (χ3n) is 2.80. The number of benzene rings is 1. The van der Waals surface area contributed by atoms with Gasteiger partial charge in [0.15, 0.2) is 0 Å². The highest BCUT2D eigenvalue weighted by Gasteiger charge is 2.20. The third-order valence-corrected chi connectivity index (χ3v) is 3.30. The molecule has 2 unspecified atom stereocenters. The zero-order valence-electron chi connectivity index (χ0n) is 8.87. The molecule has 0 radical (unpaired) electrons. The summed E-state index contributed by atoms with van der Waals surface area (Å²) >= 11 is 3.48. The topological polar surface area (TPSA) is 21.3 Å². The van der Waals surface area contributed by atoms with Crippen molar-refractivity contribution in [2.75, 3.05) is 13.2 Å². The maximum atomic E-state index is 5.84. The molecule has 82 valence electrons. The molecule has 0 aliphatic carbocycles. The van der Waals surface area contributed by atoms with Gasteiger partial charge in [-0.25, -0.2) is 0 Å². The standard InChI is InChI=1S/C12H16BrNO/c1-2-11-8-15-12(7-14-11)9-4-3-5-10(13)6-9/h3-6,11-12,14H,2,7-8H2,1H3. The van der Waals surface area contributed by atoms with Crippen LogP contribution in [-0.4, -0.2) is 19.2 Å². The van der Waals surface area contributed by atoms with Gasteiger partial charge in [-0.3, -0.25) is 0 Å². The summed E-state index contributed by atoms with van der Waals surface area (Å²) in [7, 11) is 0. The lowest BCUT2D eigenvalue weighted by atomic mass is 10.1. The lowest BCUT2D eigenvalue weighted by Crippen LogP contribution is -2.42. The largest absolute Gasteiger partial charge is 0.371 e. The summed E-state index contributed by atoms with van der Waals surface area (Å²) in [6.07, 6.45) is 1.33. The van der Waals surface area contributed by atoms with Gasteiger partial charge in [0.25, 0.3) is 0 Å². The highest BCUT2D eigenvalue weighted by molar-refractivity contribution is 9.10. The molecule has 2 atom stereocenters. The van der Waals surface area contributed by atoms with Crippen molar-refractivity contribution in [1.82, 2.24) is 5.32 Å². The Morgan fingerprint density at radius 2 is 2.40 bits per heavy atom. The van der Waals surface area contributed by atoms with Gasteiger partial charge in [-0.15, -0.1) is 0 Å². The van der Waals surface area contributed by atoms with E-state index in [0.29, 0.717) is 6.04 Å². The van der Waals surface area contributed by atoms with Crippen LogP contribution < -0.4 is 5.32 Å². The predicted octanol–water partition coefficient (Wildman–Crippen LogP) is 2.89. The smallest absolute Gasteiger partial charge is 0.0950 e. The second-order valence-corrected chi connectivity index (χ2v) is 4.81. The van der Waals surface area contributed by atoms with Gasteiger partial charge in [-0.05, 0) is 24.1 Å². The van der Waals surface area contributed by atoms with Crippen LogP contribution in [0.15, 0.2) is 28.7 Å². The van der Waals surface area contributed by atoms with Crippen molar-refractivity contribution in [3.05, 3.63) is 34.3 Å². The number of morpholine rings is 1. The van der Waals surface area contributed by atoms with E-state index in [-0.39, 0.29) is 6.10 Å². The van der Waals surface area contributed by atoms with Crippen molar-refractivity contribution >= 4 is 15.9 Å². The molecule has 2 nitrogen and oxygen atoms in total. The first-order valence-corrected chi connectivity index (χ1v) is 6.19. The number of hydrogen-bond donors (Lipinski definition) is 1. The average molecular weight is 270 g/mol. The Bertz CT molecular complexity index is 321. The number of halogens is 1. The SMILES string of the molecule is CCC1COC(c2cccc(Br)c2)CN1. The molecule has 1 aromatic carbocycles. The highest BCUT2D eigenvalue weighted by atomic mass is 79.9. The van der Waals surface area contributed by atoms with E-state index in [4.69, 9.17) is 4.74 Å². The van der Waals surface area contributed by atoms with Crippen LogP contribution in [0.3, 0.4) is 0 Å². The molecule has 2 rings (SSSR count). The first kappa shape index (κ1) is 11.1. The molecule has 3 heteroatoms. The molecule has 1 N–H and O–H groups in total. The highest BCUT2D eigenvalue weighted by Crippen LogP contribution is 2.23. The molecule has 1 aromatic rings. The molecule has 0 spiro atoms. The summed E-state index contributed by atoms with van der Waals surface area (Å²) < 4.78 is 6.95. The Balaban J connectivity index is 2.01. The van der Waals surface area contributed by atoms with Crippen LogP contribution >= 0.6 is 15.9 Å². The van der Waals surface area contributed by atoms with Crippen LogP contribution in [0.1, 0.15) is 25.0 Å². The number of ether oxygens (including phenoxy) is 1. The normalized spacial score (nSPS) is 26.5. The van der Waals surface area contributed by atoms with Crippen molar-refractivity contribution in [3.8, 4) is 0 Å². The fraction of sp³-hybridized carbons (Fsp3) is 0.500. The van der Waals surface area contributed by atoms with Gasteiger partial charge in [0.1, 0.15) is 0 Å². The minimum atomic E-state index is 0.199. The Labute approximate surface area is 99.1 Å². The van der Waals surface area contributed by atoms with Crippen LogP contribution in [-0.2, 0) is 4.74 Å². The zero-order valence-corrected chi connectivity index (χ0v) is 10.5. The summed E-state index contributed by atoms with van der Waals surface area (Å²) in [6, 6.07) is 8.85.